The minimum atomic E-state index is -1.24. The van der Waals surface area contributed by atoms with Crippen LogP contribution in [0.1, 0.15) is 17.4 Å². The number of carbonyl (C=O) groups is 2. The molecule has 0 bridgehead atoms. The number of anilines is 1. The molecular formula is C21H13F2NO4. The summed E-state index contributed by atoms with van der Waals surface area (Å²) in [6, 6.07) is 12.5. The Bertz CT molecular complexity index is 1090. The second-order valence-corrected chi connectivity index (χ2v) is 6.15. The molecule has 1 aliphatic rings. The van der Waals surface area contributed by atoms with Gasteiger partial charge < -0.3 is 9.52 Å². The van der Waals surface area contributed by atoms with Gasteiger partial charge in [-0.15, -0.1) is 0 Å². The molecule has 5 nitrogen and oxygen atoms in total. The highest BCUT2D eigenvalue weighted by atomic mass is 19.1. The molecule has 28 heavy (non-hydrogen) atoms. The van der Waals surface area contributed by atoms with E-state index in [0.29, 0.717) is 5.56 Å². The molecule has 7 heteroatoms. The third kappa shape index (κ3) is 2.77. The Morgan fingerprint density at radius 3 is 2.43 bits per heavy atom. The lowest BCUT2D eigenvalue weighted by Gasteiger charge is -2.23. The van der Waals surface area contributed by atoms with Gasteiger partial charge in [0.05, 0.1) is 17.5 Å². The number of hydrogen-bond acceptors (Lipinski definition) is 4. The van der Waals surface area contributed by atoms with Crippen LogP contribution in [0.2, 0.25) is 0 Å². The summed E-state index contributed by atoms with van der Waals surface area (Å²) in [7, 11) is 0. The number of furan rings is 1. The summed E-state index contributed by atoms with van der Waals surface area (Å²) >= 11 is 0. The number of hydrogen-bond donors (Lipinski definition) is 1. The van der Waals surface area contributed by atoms with Crippen molar-refractivity contribution in [3.63, 3.8) is 0 Å². The molecule has 1 aromatic heterocycles. The predicted molar refractivity (Wildman–Crippen MR) is 96.3 cm³/mol. The average Bonchev–Trinajstić information content (AvgIpc) is 3.31. The first-order valence-electron chi connectivity index (χ1n) is 8.34. The van der Waals surface area contributed by atoms with E-state index >= 15 is 0 Å². The molecule has 0 saturated carbocycles. The molecule has 2 heterocycles. The van der Waals surface area contributed by atoms with E-state index in [2.05, 4.69) is 0 Å². The number of amides is 1. The number of halogens is 2. The van der Waals surface area contributed by atoms with Crippen molar-refractivity contribution in [3.05, 3.63) is 95.5 Å². The van der Waals surface area contributed by atoms with Gasteiger partial charge in [-0.1, -0.05) is 30.3 Å². The van der Waals surface area contributed by atoms with Crippen LogP contribution in [0.25, 0.3) is 5.76 Å². The molecular weight excluding hydrogens is 368 g/mol. The molecule has 3 aromatic rings. The average molecular weight is 381 g/mol. The van der Waals surface area contributed by atoms with Crippen molar-refractivity contribution in [2.45, 2.75) is 6.04 Å². The summed E-state index contributed by atoms with van der Waals surface area (Å²) in [5.74, 6) is -4.09. The van der Waals surface area contributed by atoms with Crippen LogP contribution in [-0.4, -0.2) is 16.8 Å². The van der Waals surface area contributed by atoms with Gasteiger partial charge in [0.25, 0.3) is 11.7 Å². The Balaban J connectivity index is 1.97. The molecule has 1 unspecified atom stereocenters. The van der Waals surface area contributed by atoms with Crippen molar-refractivity contribution in [3.8, 4) is 0 Å². The van der Waals surface area contributed by atoms with Crippen molar-refractivity contribution in [1.29, 1.82) is 0 Å². The van der Waals surface area contributed by atoms with E-state index in [4.69, 9.17) is 4.42 Å². The molecule has 1 atom stereocenters. The third-order valence-electron chi connectivity index (χ3n) is 4.47. The number of nitrogens with zero attached hydrogens (tertiary/aromatic N) is 1. The maximum absolute atomic E-state index is 14.4. The summed E-state index contributed by atoms with van der Waals surface area (Å²) in [5.41, 5.74) is -0.387. The van der Waals surface area contributed by atoms with Crippen LogP contribution in [0.5, 0.6) is 0 Å². The van der Waals surface area contributed by atoms with Gasteiger partial charge >= 0.3 is 0 Å². The third-order valence-corrected chi connectivity index (χ3v) is 4.47. The van der Waals surface area contributed by atoms with Gasteiger partial charge in [0, 0.05) is 11.6 Å². The molecule has 4 rings (SSSR count). The molecule has 1 aliphatic heterocycles. The zero-order chi connectivity index (χ0) is 19.8. The van der Waals surface area contributed by atoms with Crippen molar-refractivity contribution in [2.24, 2.45) is 0 Å². The lowest BCUT2D eigenvalue weighted by atomic mass is 9.99. The molecule has 2 aromatic carbocycles. The summed E-state index contributed by atoms with van der Waals surface area (Å²) < 4.78 is 33.5. The van der Waals surface area contributed by atoms with Gasteiger partial charge in [-0.05, 0) is 24.3 Å². The first-order valence-corrected chi connectivity index (χ1v) is 8.34. The Hall–Kier alpha value is -3.74. The smallest absolute Gasteiger partial charge is 0.300 e. The molecule has 140 valence electrons. The van der Waals surface area contributed by atoms with Crippen LogP contribution in [0.4, 0.5) is 14.5 Å². The van der Waals surface area contributed by atoms with E-state index in [1.807, 2.05) is 0 Å². The SMILES string of the molecule is O=C1C(=O)N(c2cc(F)ccc2F)C(c2ccco2)/C1=C(/O)c1ccccc1. The van der Waals surface area contributed by atoms with E-state index in [1.165, 1.54) is 18.4 Å². The highest BCUT2D eigenvalue weighted by Gasteiger charge is 2.49. The van der Waals surface area contributed by atoms with Gasteiger partial charge in [0.2, 0.25) is 0 Å². The summed E-state index contributed by atoms with van der Waals surface area (Å²) in [4.78, 5) is 26.3. The van der Waals surface area contributed by atoms with Crippen LogP contribution >= 0.6 is 0 Å². The standard InChI is InChI=1S/C21H13F2NO4/c22-13-8-9-14(23)15(11-13)24-18(16-7-4-10-28-16)17(20(26)21(24)27)19(25)12-5-2-1-3-6-12/h1-11,18,25H/b19-17-. The second-order valence-electron chi connectivity index (χ2n) is 6.15. The van der Waals surface area contributed by atoms with Crippen LogP contribution in [0.15, 0.2) is 76.9 Å². The van der Waals surface area contributed by atoms with E-state index in [9.17, 15) is 23.5 Å². The fourth-order valence-corrected chi connectivity index (χ4v) is 3.22. The maximum Gasteiger partial charge on any atom is 0.300 e. The zero-order valence-electron chi connectivity index (χ0n) is 14.3. The zero-order valence-corrected chi connectivity index (χ0v) is 14.3. The van der Waals surface area contributed by atoms with Crippen LogP contribution in [0.3, 0.4) is 0 Å². The fourth-order valence-electron chi connectivity index (χ4n) is 3.22. The minimum Gasteiger partial charge on any atom is -0.507 e. The summed E-state index contributed by atoms with van der Waals surface area (Å²) in [5, 5.41) is 10.7. The molecule has 1 amide bonds. The molecule has 0 radical (unpaired) electrons. The summed E-state index contributed by atoms with van der Waals surface area (Å²) in [6.45, 7) is 0. The molecule has 1 N–H and O–H groups in total. The van der Waals surface area contributed by atoms with Crippen molar-refractivity contribution in [2.75, 3.05) is 4.90 Å². The topological polar surface area (TPSA) is 70.8 Å². The lowest BCUT2D eigenvalue weighted by molar-refractivity contribution is -0.132. The Labute approximate surface area is 158 Å². The van der Waals surface area contributed by atoms with Crippen molar-refractivity contribution < 1.29 is 27.9 Å². The van der Waals surface area contributed by atoms with E-state index < -0.39 is 40.8 Å². The van der Waals surface area contributed by atoms with Crippen LogP contribution in [-0.2, 0) is 9.59 Å². The van der Waals surface area contributed by atoms with Gasteiger partial charge in [-0.3, -0.25) is 14.5 Å². The lowest BCUT2D eigenvalue weighted by Crippen LogP contribution is -2.30. The monoisotopic (exact) mass is 381 g/mol. The fraction of sp³-hybridized carbons (Fsp3) is 0.0476. The number of aliphatic hydroxyl groups is 1. The van der Waals surface area contributed by atoms with Gasteiger partial charge in [0.1, 0.15) is 29.2 Å². The normalized spacial score (nSPS) is 18.6. The molecule has 0 aliphatic carbocycles. The number of carbonyl (C=O) groups excluding carboxylic acids is 2. The first kappa shape index (κ1) is 17.7. The highest BCUT2D eigenvalue weighted by molar-refractivity contribution is 6.51. The van der Waals surface area contributed by atoms with Crippen LogP contribution < -0.4 is 4.90 Å². The van der Waals surface area contributed by atoms with Gasteiger partial charge in [-0.25, -0.2) is 8.78 Å². The first-order chi connectivity index (χ1) is 13.5. The maximum atomic E-state index is 14.4. The Morgan fingerprint density at radius 1 is 1.00 bits per heavy atom. The highest BCUT2D eigenvalue weighted by Crippen LogP contribution is 2.43. The van der Waals surface area contributed by atoms with Gasteiger partial charge in [0.15, 0.2) is 0 Å². The number of rotatable bonds is 3. The molecule has 1 fully saturated rings. The van der Waals surface area contributed by atoms with E-state index in [0.717, 1.165) is 23.1 Å². The van der Waals surface area contributed by atoms with E-state index in [1.54, 1.807) is 30.3 Å². The molecule has 0 spiro atoms. The number of ketones is 1. The number of Topliss-reactive ketones (excluding diaryl/α,β-unsaturated/α-hetero) is 1. The second kappa shape index (κ2) is 6.77. The van der Waals surface area contributed by atoms with Crippen molar-refractivity contribution in [1.82, 2.24) is 0 Å². The van der Waals surface area contributed by atoms with E-state index in [-0.39, 0.29) is 11.3 Å². The number of benzene rings is 2. The minimum absolute atomic E-state index is 0.125. The van der Waals surface area contributed by atoms with Crippen LogP contribution in [0, 0.1) is 11.6 Å². The van der Waals surface area contributed by atoms with Gasteiger partial charge in [-0.2, -0.15) is 0 Å². The predicted octanol–water partition coefficient (Wildman–Crippen LogP) is 4.18. The van der Waals surface area contributed by atoms with Crippen molar-refractivity contribution >= 4 is 23.1 Å². The Kier molecular flexibility index (Phi) is 4.27. The Morgan fingerprint density at radius 2 is 1.75 bits per heavy atom. The number of aliphatic hydroxyl groups excluding tert-OH is 1. The summed E-state index contributed by atoms with van der Waals surface area (Å²) in [6.07, 6.45) is 1.32. The quantitative estimate of drug-likeness (QED) is 0.420. The molecule has 1 saturated heterocycles. The largest absolute Gasteiger partial charge is 0.507 e.